The van der Waals surface area contributed by atoms with E-state index in [4.69, 9.17) is 10.5 Å². The summed E-state index contributed by atoms with van der Waals surface area (Å²) >= 11 is 3.41. The largest absolute Gasteiger partial charge is 0.489 e. The number of rotatable bonds is 3. The van der Waals surface area contributed by atoms with Crippen molar-refractivity contribution >= 4 is 21.6 Å². The maximum atomic E-state index is 5.99. The van der Waals surface area contributed by atoms with Crippen molar-refractivity contribution < 1.29 is 4.74 Å². The average molecular weight is 348 g/mol. The molecule has 0 bridgehead atoms. The van der Waals surface area contributed by atoms with Gasteiger partial charge in [0.25, 0.3) is 0 Å². The van der Waals surface area contributed by atoms with Crippen LogP contribution in [0.2, 0.25) is 0 Å². The monoisotopic (exact) mass is 347 g/mol. The fraction of sp³-hybridized carbons (Fsp3) is 0.333. The molecule has 2 rings (SSSR count). The van der Waals surface area contributed by atoms with Crippen LogP contribution in [0.5, 0.6) is 5.75 Å². The molecule has 3 heteroatoms. The van der Waals surface area contributed by atoms with E-state index in [9.17, 15) is 0 Å². The second-order valence-electron chi connectivity index (χ2n) is 6.36. The summed E-state index contributed by atoms with van der Waals surface area (Å²) in [6, 6.07) is 12.2. The number of hydrogen-bond acceptors (Lipinski definition) is 2. The fourth-order valence-electron chi connectivity index (χ4n) is 2.13. The van der Waals surface area contributed by atoms with Gasteiger partial charge >= 0.3 is 0 Å². The van der Waals surface area contributed by atoms with Crippen LogP contribution in [0.25, 0.3) is 0 Å². The summed E-state index contributed by atoms with van der Waals surface area (Å²) in [5, 5.41) is 0. The van der Waals surface area contributed by atoms with E-state index in [-0.39, 0.29) is 5.41 Å². The van der Waals surface area contributed by atoms with Crippen molar-refractivity contribution in [3.63, 3.8) is 0 Å². The van der Waals surface area contributed by atoms with Gasteiger partial charge in [-0.1, -0.05) is 54.9 Å². The number of nitrogen functional groups attached to an aromatic ring is 1. The van der Waals surface area contributed by atoms with Crippen LogP contribution in [0, 0.1) is 6.92 Å². The molecule has 0 saturated carbocycles. The lowest BCUT2D eigenvalue weighted by Gasteiger charge is -2.20. The third-order valence-corrected chi connectivity index (χ3v) is 4.03. The second-order valence-corrected chi connectivity index (χ2v) is 7.28. The molecule has 2 N–H and O–H groups in total. The molecule has 0 heterocycles. The summed E-state index contributed by atoms with van der Waals surface area (Å²) in [6.45, 7) is 9.20. The Bertz CT molecular complexity index is 644. The minimum absolute atomic E-state index is 0.152. The van der Waals surface area contributed by atoms with Gasteiger partial charge in [0.15, 0.2) is 0 Å². The van der Waals surface area contributed by atoms with Crippen molar-refractivity contribution in [3.8, 4) is 5.75 Å². The molecule has 21 heavy (non-hydrogen) atoms. The minimum Gasteiger partial charge on any atom is -0.489 e. The van der Waals surface area contributed by atoms with Gasteiger partial charge in [0, 0.05) is 15.7 Å². The zero-order valence-corrected chi connectivity index (χ0v) is 14.6. The van der Waals surface area contributed by atoms with Gasteiger partial charge in [0.1, 0.15) is 12.4 Å². The molecule has 0 amide bonds. The van der Waals surface area contributed by atoms with E-state index in [2.05, 4.69) is 55.8 Å². The third-order valence-electron chi connectivity index (χ3n) is 3.53. The van der Waals surface area contributed by atoms with Gasteiger partial charge in [0.2, 0.25) is 0 Å². The first-order chi connectivity index (χ1) is 9.77. The normalized spacial score (nSPS) is 11.5. The van der Waals surface area contributed by atoms with Crippen molar-refractivity contribution in [1.29, 1.82) is 0 Å². The van der Waals surface area contributed by atoms with Crippen molar-refractivity contribution in [2.24, 2.45) is 0 Å². The summed E-state index contributed by atoms with van der Waals surface area (Å²) in [4.78, 5) is 0. The fourth-order valence-corrected chi connectivity index (χ4v) is 2.51. The first-order valence-corrected chi connectivity index (χ1v) is 7.84. The average Bonchev–Trinajstić information content (AvgIpc) is 2.38. The molecule has 0 spiro atoms. The number of ether oxygens (including phenoxy) is 1. The van der Waals surface area contributed by atoms with Gasteiger partial charge in [-0.25, -0.2) is 0 Å². The molecular weight excluding hydrogens is 326 g/mol. The summed E-state index contributed by atoms with van der Waals surface area (Å²) < 4.78 is 6.90. The highest BCUT2D eigenvalue weighted by Gasteiger charge is 2.14. The Kier molecular flexibility index (Phi) is 4.62. The molecule has 0 fully saturated rings. The number of halogens is 1. The highest BCUT2D eigenvalue weighted by molar-refractivity contribution is 9.10. The van der Waals surface area contributed by atoms with E-state index in [1.165, 1.54) is 5.56 Å². The van der Waals surface area contributed by atoms with Gasteiger partial charge in [-0.3, -0.25) is 0 Å². The second kappa shape index (κ2) is 6.10. The Hall–Kier alpha value is -1.48. The van der Waals surface area contributed by atoms with Crippen molar-refractivity contribution in [2.75, 3.05) is 5.73 Å². The van der Waals surface area contributed by atoms with E-state index in [0.717, 1.165) is 27.0 Å². The lowest BCUT2D eigenvalue weighted by atomic mass is 9.86. The van der Waals surface area contributed by atoms with Crippen LogP contribution in [0.4, 0.5) is 5.69 Å². The molecule has 0 atom stereocenters. The SMILES string of the molecule is Cc1cc(C(C)(C)C)ccc1OCc1ccc(Br)cc1N. The van der Waals surface area contributed by atoms with Crippen LogP contribution in [0.3, 0.4) is 0 Å². The van der Waals surface area contributed by atoms with E-state index in [1.54, 1.807) is 0 Å². The van der Waals surface area contributed by atoms with Crippen molar-refractivity contribution in [1.82, 2.24) is 0 Å². The lowest BCUT2D eigenvalue weighted by molar-refractivity contribution is 0.304. The van der Waals surface area contributed by atoms with Gasteiger partial charge in [-0.2, -0.15) is 0 Å². The zero-order chi connectivity index (χ0) is 15.6. The molecule has 2 aromatic rings. The van der Waals surface area contributed by atoms with Crippen LogP contribution in [-0.2, 0) is 12.0 Å². The van der Waals surface area contributed by atoms with Gasteiger partial charge in [-0.15, -0.1) is 0 Å². The number of hydrogen-bond donors (Lipinski definition) is 1. The molecule has 0 unspecified atom stereocenters. The molecule has 0 aliphatic heterocycles. The molecule has 112 valence electrons. The van der Waals surface area contributed by atoms with Crippen LogP contribution >= 0.6 is 15.9 Å². The van der Waals surface area contributed by atoms with E-state index in [1.807, 2.05) is 24.3 Å². The first-order valence-electron chi connectivity index (χ1n) is 7.05. The van der Waals surface area contributed by atoms with E-state index in [0.29, 0.717) is 6.61 Å². The smallest absolute Gasteiger partial charge is 0.122 e. The molecule has 0 aliphatic carbocycles. The topological polar surface area (TPSA) is 35.2 Å². The minimum atomic E-state index is 0.152. The Labute approximate surface area is 135 Å². The number of aryl methyl sites for hydroxylation is 1. The number of benzene rings is 2. The third kappa shape index (κ3) is 4.01. The molecule has 0 radical (unpaired) electrons. The summed E-state index contributed by atoms with van der Waals surface area (Å²) in [7, 11) is 0. The number of nitrogens with two attached hydrogens (primary N) is 1. The van der Waals surface area contributed by atoms with Crippen LogP contribution in [-0.4, -0.2) is 0 Å². The lowest BCUT2D eigenvalue weighted by Crippen LogP contribution is -2.11. The molecular formula is C18H22BrNO. The van der Waals surface area contributed by atoms with Crippen LogP contribution in [0.15, 0.2) is 40.9 Å². The maximum absolute atomic E-state index is 5.99. The van der Waals surface area contributed by atoms with Crippen molar-refractivity contribution in [3.05, 3.63) is 57.6 Å². The van der Waals surface area contributed by atoms with Crippen molar-refractivity contribution in [2.45, 2.75) is 39.7 Å². The van der Waals surface area contributed by atoms with Gasteiger partial charge in [-0.05, 0) is 41.7 Å². The van der Waals surface area contributed by atoms with Gasteiger partial charge in [0.05, 0.1) is 0 Å². The highest BCUT2D eigenvalue weighted by Crippen LogP contribution is 2.28. The zero-order valence-electron chi connectivity index (χ0n) is 13.0. The predicted octanol–water partition coefficient (Wildman–Crippen LogP) is 5.22. The summed E-state index contributed by atoms with van der Waals surface area (Å²) in [5.74, 6) is 0.908. The van der Waals surface area contributed by atoms with E-state index < -0.39 is 0 Å². The molecule has 2 aromatic carbocycles. The Balaban J connectivity index is 2.13. The van der Waals surface area contributed by atoms with Crippen LogP contribution < -0.4 is 10.5 Å². The molecule has 0 aliphatic rings. The van der Waals surface area contributed by atoms with E-state index >= 15 is 0 Å². The summed E-state index contributed by atoms with van der Waals surface area (Å²) in [6.07, 6.45) is 0. The highest BCUT2D eigenvalue weighted by atomic mass is 79.9. The molecule has 0 aromatic heterocycles. The predicted molar refractivity (Wildman–Crippen MR) is 92.8 cm³/mol. The quantitative estimate of drug-likeness (QED) is 0.772. The standard InChI is InChI=1S/C18H22BrNO/c1-12-9-14(18(2,3)4)6-8-17(12)21-11-13-5-7-15(19)10-16(13)20/h5-10H,11,20H2,1-4H3. The Morgan fingerprint density at radius 1 is 1.10 bits per heavy atom. The maximum Gasteiger partial charge on any atom is 0.122 e. The van der Waals surface area contributed by atoms with Crippen LogP contribution in [0.1, 0.15) is 37.5 Å². The first kappa shape index (κ1) is 15.9. The molecule has 2 nitrogen and oxygen atoms in total. The molecule has 0 saturated heterocycles. The summed E-state index contributed by atoms with van der Waals surface area (Å²) in [5.41, 5.74) is 10.4. The van der Waals surface area contributed by atoms with Gasteiger partial charge < -0.3 is 10.5 Å². The number of anilines is 1. The Morgan fingerprint density at radius 2 is 1.81 bits per heavy atom. The Morgan fingerprint density at radius 3 is 2.38 bits per heavy atom.